The number of aliphatic hydroxyl groups is 2. The molecule has 1 rings (SSSR count). The normalized spacial score (nSPS) is 33.0. The minimum atomic E-state index is -1.85. The highest BCUT2D eigenvalue weighted by molar-refractivity contribution is 6.68. The van der Waals surface area contributed by atoms with Crippen molar-refractivity contribution < 1.29 is 14.9 Å². The van der Waals surface area contributed by atoms with E-state index in [1.54, 1.807) is 0 Å². The van der Waals surface area contributed by atoms with E-state index in [1.807, 2.05) is 0 Å². The third-order valence-corrected chi connectivity index (χ3v) is 3.18. The molecule has 0 saturated carbocycles. The molecule has 3 nitrogen and oxygen atoms in total. The van der Waals surface area contributed by atoms with Crippen LogP contribution in [0.5, 0.6) is 0 Å². The molecule has 0 spiro atoms. The van der Waals surface area contributed by atoms with Crippen LogP contribution in [0.1, 0.15) is 19.8 Å². The third-order valence-electron chi connectivity index (χ3n) is 2.56. The molecule has 84 valence electrons. The molecule has 1 aliphatic rings. The van der Waals surface area contributed by atoms with Crippen LogP contribution in [-0.4, -0.2) is 38.4 Å². The van der Waals surface area contributed by atoms with Gasteiger partial charge in [-0.1, -0.05) is 34.8 Å². The van der Waals surface area contributed by atoms with Gasteiger partial charge in [0.2, 0.25) is 3.79 Å². The van der Waals surface area contributed by atoms with Gasteiger partial charge in [0.1, 0.15) is 11.7 Å². The van der Waals surface area contributed by atoms with Crippen LogP contribution in [0.4, 0.5) is 0 Å². The molecule has 0 aliphatic carbocycles. The molecule has 14 heavy (non-hydrogen) atoms. The molecule has 0 amide bonds. The molecule has 1 aliphatic heterocycles. The van der Waals surface area contributed by atoms with Gasteiger partial charge in [-0.3, -0.25) is 0 Å². The highest BCUT2D eigenvalue weighted by Gasteiger charge is 2.53. The van der Waals surface area contributed by atoms with Gasteiger partial charge in [-0.05, 0) is 19.8 Å². The van der Waals surface area contributed by atoms with Crippen LogP contribution in [0.15, 0.2) is 0 Å². The van der Waals surface area contributed by atoms with Crippen LogP contribution >= 0.6 is 34.8 Å². The molecule has 0 aromatic carbocycles. The van der Waals surface area contributed by atoms with Crippen molar-refractivity contribution in [2.75, 3.05) is 6.61 Å². The van der Waals surface area contributed by atoms with Gasteiger partial charge in [0.15, 0.2) is 0 Å². The van der Waals surface area contributed by atoms with E-state index in [2.05, 4.69) is 0 Å². The molecule has 1 heterocycles. The van der Waals surface area contributed by atoms with Crippen molar-refractivity contribution in [2.24, 2.45) is 0 Å². The summed E-state index contributed by atoms with van der Waals surface area (Å²) in [6.07, 6.45) is -0.985. The van der Waals surface area contributed by atoms with Gasteiger partial charge in [0.05, 0.1) is 6.10 Å². The second-order valence-corrected chi connectivity index (χ2v) is 5.90. The molecular weight excluding hydrogens is 250 g/mol. The van der Waals surface area contributed by atoms with Crippen molar-refractivity contribution in [3.8, 4) is 0 Å². The van der Waals surface area contributed by atoms with Crippen molar-refractivity contribution in [2.45, 2.75) is 41.4 Å². The third kappa shape index (κ3) is 2.29. The zero-order valence-corrected chi connectivity index (χ0v) is 9.98. The molecule has 2 N–H and O–H groups in total. The van der Waals surface area contributed by atoms with E-state index < -0.39 is 21.6 Å². The Balaban J connectivity index is 2.88. The van der Waals surface area contributed by atoms with E-state index in [0.29, 0.717) is 13.0 Å². The van der Waals surface area contributed by atoms with Crippen molar-refractivity contribution in [1.82, 2.24) is 0 Å². The summed E-state index contributed by atoms with van der Waals surface area (Å²) in [5, 5.41) is 19.4. The van der Waals surface area contributed by atoms with Crippen molar-refractivity contribution >= 4 is 34.8 Å². The van der Waals surface area contributed by atoms with E-state index in [4.69, 9.17) is 39.5 Å². The first-order valence-electron chi connectivity index (χ1n) is 4.37. The van der Waals surface area contributed by atoms with Gasteiger partial charge >= 0.3 is 0 Å². The minimum absolute atomic E-state index is 0.461. The maximum atomic E-state index is 9.83. The lowest BCUT2D eigenvalue weighted by Gasteiger charge is -2.39. The largest absolute Gasteiger partial charge is 0.390 e. The Morgan fingerprint density at radius 3 is 2.21 bits per heavy atom. The average Bonchev–Trinajstić information content (AvgIpc) is 2.50. The number of aliphatic hydroxyl groups excluding tert-OH is 2. The number of hydrogen-bond acceptors (Lipinski definition) is 3. The molecule has 1 saturated heterocycles. The first-order chi connectivity index (χ1) is 6.31. The van der Waals surface area contributed by atoms with E-state index in [1.165, 1.54) is 6.92 Å². The van der Waals surface area contributed by atoms with Gasteiger partial charge in [-0.15, -0.1) is 0 Å². The zero-order valence-electron chi connectivity index (χ0n) is 7.71. The van der Waals surface area contributed by atoms with Gasteiger partial charge in [-0.25, -0.2) is 0 Å². The van der Waals surface area contributed by atoms with E-state index in [0.717, 1.165) is 6.42 Å². The van der Waals surface area contributed by atoms with Crippen LogP contribution in [0.2, 0.25) is 0 Å². The number of alkyl halides is 3. The Morgan fingerprint density at radius 2 is 1.93 bits per heavy atom. The Hall–Kier alpha value is 0.750. The van der Waals surface area contributed by atoms with Crippen LogP contribution in [0.3, 0.4) is 0 Å². The monoisotopic (exact) mass is 262 g/mol. The lowest BCUT2D eigenvalue weighted by molar-refractivity contribution is -0.147. The second-order valence-electron chi connectivity index (χ2n) is 3.53. The molecule has 3 atom stereocenters. The summed E-state index contributed by atoms with van der Waals surface area (Å²) < 4.78 is 3.49. The second kappa shape index (κ2) is 4.32. The fourth-order valence-corrected chi connectivity index (χ4v) is 2.29. The van der Waals surface area contributed by atoms with Gasteiger partial charge in [0.25, 0.3) is 0 Å². The minimum Gasteiger partial charge on any atom is -0.390 e. The van der Waals surface area contributed by atoms with Crippen molar-refractivity contribution in [1.29, 1.82) is 0 Å². The van der Waals surface area contributed by atoms with Crippen molar-refractivity contribution in [3.63, 3.8) is 0 Å². The molecule has 1 fully saturated rings. The standard InChI is InChI=1S/C8H13Cl3O3/c1-5(12)7(3-2-4-14-7)6(13)8(9,10)11/h5-6,12-13H,2-4H2,1H3. The molecule has 0 aromatic heterocycles. The predicted octanol–water partition coefficient (Wildman–Crippen LogP) is 1.65. The summed E-state index contributed by atoms with van der Waals surface area (Å²) in [6.45, 7) is 1.98. The topological polar surface area (TPSA) is 49.7 Å². The first-order valence-corrected chi connectivity index (χ1v) is 5.51. The summed E-state index contributed by atoms with van der Waals surface area (Å²) in [5.41, 5.74) is -1.15. The number of rotatable bonds is 2. The van der Waals surface area contributed by atoms with Crippen LogP contribution < -0.4 is 0 Å². The quantitative estimate of drug-likeness (QED) is 0.745. The molecule has 0 aromatic rings. The lowest BCUT2D eigenvalue weighted by Crippen LogP contribution is -2.55. The summed E-state index contributed by atoms with van der Waals surface area (Å²) in [7, 11) is 0. The zero-order chi connectivity index (χ0) is 11.0. The molecular formula is C8H13Cl3O3. The molecule has 0 bridgehead atoms. The van der Waals surface area contributed by atoms with E-state index >= 15 is 0 Å². The first kappa shape index (κ1) is 12.8. The number of ether oxygens (including phenoxy) is 1. The highest BCUT2D eigenvalue weighted by atomic mass is 35.6. The predicted molar refractivity (Wildman–Crippen MR) is 55.9 cm³/mol. The SMILES string of the molecule is CC(O)C1(C(O)C(Cl)(Cl)Cl)CCCO1. The van der Waals surface area contributed by atoms with Crippen LogP contribution in [0.25, 0.3) is 0 Å². The smallest absolute Gasteiger partial charge is 0.218 e. The van der Waals surface area contributed by atoms with Crippen molar-refractivity contribution in [3.05, 3.63) is 0 Å². The van der Waals surface area contributed by atoms with Gasteiger partial charge in [-0.2, -0.15) is 0 Å². The Kier molecular flexibility index (Phi) is 3.95. The maximum Gasteiger partial charge on any atom is 0.218 e. The summed E-state index contributed by atoms with van der Waals surface area (Å²) in [4.78, 5) is 0. The number of halogens is 3. The fourth-order valence-electron chi connectivity index (χ4n) is 1.73. The Labute approximate surface area is 97.9 Å². The molecule has 6 heteroatoms. The van der Waals surface area contributed by atoms with E-state index in [9.17, 15) is 10.2 Å². The summed E-state index contributed by atoms with van der Waals surface area (Å²) >= 11 is 16.8. The summed E-state index contributed by atoms with van der Waals surface area (Å²) in [6, 6.07) is 0. The Bertz CT molecular complexity index is 196. The van der Waals surface area contributed by atoms with Gasteiger partial charge < -0.3 is 14.9 Å². The fraction of sp³-hybridized carbons (Fsp3) is 1.00. The van der Waals surface area contributed by atoms with E-state index in [-0.39, 0.29) is 0 Å². The lowest BCUT2D eigenvalue weighted by atomic mass is 9.88. The molecule has 3 unspecified atom stereocenters. The maximum absolute atomic E-state index is 9.83. The average molecular weight is 264 g/mol. The summed E-state index contributed by atoms with van der Waals surface area (Å²) in [5.74, 6) is 0. The van der Waals surface area contributed by atoms with Crippen LogP contribution in [0, 0.1) is 0 Å². The van der Waals surface area contributed by atoms with Crippen LogP contribution in [-0.2, 0) is 4.74 Å². The van der Waals surface area contributed by atoms with Gasteiger partial charge in [0, 0.05) is 6.61 Å². The number of hydrogen-bond donors (Lipinski definition) is 2. The Morgan fingerprint density at radius 1 is 1.36 bits per heavy atom. The highest BCUT2D eigenvalue weighted by Crippen LogP contribution is 2.43. The molecule has 0 radical (unpaired) electrons.